The molecule has 182 valence electrons. The summed E-state index contributed by atoms with van der Waals surface area (Å²) in [7, 11) is 0. The first kappa shape index (κ1) is 24.0. The normalized spacial score (nSPS) is 13.0. The first-order valence-corrected chi connectivity index (χ1v) is 10.1. The number of carbonyl (C=O) groups excluding carboxylic acids is 1. The average molecular weight is 494 g/mol. The number of furan rings is 1. The van der Waals surface area contributed by atoms with Crippen LogP contribution in [-0.2, 0) is 12.4 Å². The molecule has 35 heavy (non-hydrogen) atoms. The van der Waals surface area contributed by atoms with Crippen LogP contribution in [0.15, 0.2) is 71.9 Å². The highest BCUT2D eigenvalue weighted by molar-refractivity contribution is 6.04. The molecule has 3 aromatic heterocycles. The van der Waals surface area contributed by atoms with E-state index in [1.54, 1.807) is 18.2 Å². The molecule has 0 aliphatic heterocycles. The molecule has 4 aromatic rings. The number of anilines is 1. The predicted molar refractivity (Wildman–Crippen MR) is 112 cm³/mol. The summed E-state index contributed by atoms with van der Waals surface area (Å²) in [6.07, 6.45) is -3.13. The fourth-order valence-corrected chi connectivity index (χ4v) is 3.44. The van der Waals surface area contributed by atoms with Crippen LogP contribution in [0.3, 0.4) is 0 Å². The Balaban J connectivity index is 1.56. The van der Waals surface area contributed by atoms with Gasteiger partial charge in [-0.1, -0.05) is 6.07 Å². The fraction of sp³-hybridized carbons (Fsp3) is 0.174. The fourth-order valence-electron chi connectivity index (χ4n) is 3.44. The number of hydrogen-bond donors (Lipinski definition) is 1. The minimum Gasteiger partial charge on any atom is -0.464 e. The summed E-state index contributed by atoms with van der Waals surface area (Å²) in [6.45, 7) is 1.35. The quantitative estimate of drug-likeness (QED) is 0.324. The van der Waals surface area contributed by atoms with E-state index in [0.29, 0.717) is 17.4 Å². The Bertz CT molecular complexity index is 1340. The van der Waals surface area contributed by atoms with E-state index >= 15 is 0 Å². The Labute approximate surface area is 194 Å². The summed E-state index contributed by atoms with van der Waals surface area (Å²) >= 11 is 0. The molecule has 0 bridgehead atoms. The molecule has 0 radical (unpaired) electrons. The number of hydrogen-bond acceptors (Lipinski definition) is 4. The predicted octanol–water partition coefficient (Wildman–Crippen LogP) is 6.44. The number of rotatable bonds is 5. The van der Waals surface area contributed by atoms with E-state index in [4.69, 9.17) is 4.42 Å². The van der Waals surface area contributed by atoms with Gasteiger partial charge in [-0.05, 0) is 42.8 Å². The molecule has 1 aromatic carbocycles. The summed E-state index contributed by atoms with van der Waals surface area (Å²) in [5.74, 6) is -0.0468. The van der Waals surface area contributed by atoms with Gasteiger partial charge in [-0.25, -0.2) is 0 Å². The highest BCUT2D eigenvalue weighted by Crippen LogP contribution is 2.39. The Hall–Kier alpha value is -4.09. The standard InChI is InChI=1S/C23H16F6N4O2/c1-13(18-5-4-16(22(24,25)26)8-19(18)23(27,28)29)33-12-17(11-31-33)32-21(34)15-7-14(9-30-10-15)20-3-2-6-35-20/h2-13H,1H3,(H,32,34). The molecule has 0 fully saturated rings. The van der Waals surface area contributed by atoms with Gasteiger partial charge >= 0.3 is 12.4 Å². The number of nitrogens with one attached hydrogen (secondary N) is 1. The topological polar surface area (TPSA) is 73.0 Å². The molecule has 0 spiro atoms. The van der Waals surface area contributed by atoms with Gasteiger partial charge in [-0.15, -0.1) is 0 Å². The molecule has 1 N–H and O–H groups in total. The second-order valence-electron chi connectivity index (χ2n) is 7.58. The third kappa shape index (κ3) is 5.20. The third-order valence-corrected chi connectivity index (χ3v) is 5.20. The number of nitrogens with zero attached hydrogens (tertiary/aromatic N) is 3. The summed E-state index contributed by atoms with van der Waals surface area (Å²) in [5.41, 5.74) is -2.29. The molecule has 3 heterocycles. The van der Waals surface area contributed by atoms with E-state index in [9.17, 15) is 31.1 Å². The van der Waals surface area contributed by atoms with Crippen molar-refractivity contribution in [3.05, 3.63) is 89.7 Å². The zero-order valence-electron chi connectivity index (χ0n) is 17.9. The first-order valence-electron chi connectivity index (χ1n) is 10.1. The number of benzene rings is 1. The van der Waals surface area contributed by atoms with Crippen LogP contribution in [0.2, 0.25) is 0 Å². The van der Waals surface area contributed by atoms with Crippen molar-refractivity contribution in [2.75, 3.05) is 5.32 Å². The lowest BCUT2D eigenvalue weighted by molar-refractivity contribution is -0.143. The number of pyridine rings is 1. The van der Waals surface area contributed by atoms with Crippen LogP contribution in [0.1, 0.15) is 40.0 Å². The van der Waals surface area contributed by atoms with Gasteiger partial charge in [0.05, 0.1) is 40.9 Å². The highest BCUT2D eigenvalue weighted by atomic mass is 19.4. The maximum absolute atomic E-state index is 13.5. The Kier molecular flexibility index (Phi) is 6.14. The van der Waals surface area contributed by atoms with Crippen molar-refractivity contribution >= 4 is 11.6 Å². The second kappa shape index (κ2) is 8.93. The SMILES string of the molecule is CC(c1ccc(C(F)(F)F)cc1C(F)(F)F)n1cc(NC(=O)c2cncc(-c3ccco3)c2)cn1. The molecule has 1 atom stereocenters. The van der Waals surface area contributed by atoms with E-state index in [0.717, 1.165) is 10.7 Å². The molecule has 0 saturated carbocycles. The molecule has 0 saturated heterocycles. The lowest BCUT2D eigenvalue weighted by atomic mass is 9.98. The number of aromatic nitrogens is 3. The van der Waals surface area contributed by atoms with Gasteiger partial charge in [0.2, 0.25) is 0 Å². The molecular weight excluding hydrogens is 478 g/mol. The summed E-state index contributed by atoms with van der Waals surface area (Å²) in [5, 5.41) is 6.54. The number of alkyl halides is 6. The Morgan fingerprint density at radius 3 is 2.46 bits per heavy atom. The number of amides is 1. The van der Waals surface area contributed by atoms with Crippen molar-refractivity contribution in [2.45, 2.75) is 25.3 Å². The van der Waals surface area contributed by atoms with E-state index < -0.39 is 41.0 Å². The van der Waals surface area contributed by atoms with E-state index in [1.807, 2.05) is 0 Å². The van der Waals surface area contributed by atoms with Crippen LogP contribution >= 0.6 is 0 Å². The van der Waals surface area contributed by atoms with Gasteiger partial charge in [0.1, 0.15) is 5.76 Å². The Morgan fingerprint density at radius 1 is 1.03 bits per heavy atom. The highest BCUT2D eigenvalue weighted by Gasteiger charge is 2.39. The molecule has 4 rings (SSSR count). The van der Waals surface area contributed by atoms with Crippen LogP contribution in [-0.4, -0.2) is 20.7 Å². The van der Waals surface area contributed by atoms with Crippen LogP contribution < -0.4 is 5.32 Å². The molecule has 1 unspecified atom stereocenters. The lowest BCUT2D eigenvalue weighted by Crippen LogP contribution is -2.17. The van der Waals surface area contributed by atoms with Crippen LogP contribution in [0.4, 0.5) is 32.0 Å². The van der Waals surface area contributed by atoms with Crippen molar-refractivity contribution < 1.29 is 35.6 Å². The summed E-state index contributed by atoms with van der Waals surface area (Å²) < 4.78 is 85.8. The minimum absolute atomic E-state index is 0.0804. The summed E-state index contributed by atoms with van der Waals surface area (Å²) in [6, 6.07) is 5.29. The average Bonchev–Trinajstić information content (AvgIpc) is 3.50. The van der Waals surface area contributed by atoms with Gasteiger partial charge in [0.15, 0.2) is 0 Å². The van der Waals surface area contributed by atoms with Crippen LogP contribution in [0.25, 0.3) is 11.3 Å². The molecule has 0 aliphatic rings. The van der Waals surface area contributed by atoms with E-state index in [-0.39, 0.29) is 17.3 Å². The van der Waals surface area contributed by atoms with Gasteiger partial charge in [0, 0.05) is 24.2 Å². The van der Waals surface area contributed by atoms with Gasteiger partial charge in [-0.3, -0.25) is 14.5 Å². The lowest BCUT2D eigenvalue weighted by Gasteiger charge is -2.20. The van der Waals surface area contributed by atoms with E-state index in [1.165, 1.54) is 38.0 Å². The van der Waals surface area contributed by atoms with E-state index in [2.05, 4.69) is 15.4 Å². The smallest absolute Gasteiger partial charge is 0.416 e. The van der Waals surface area contributed by atoms with Crippen molar-refractivity contribution in [1.82, 2.24) is 14.8 Å². The largest absolute Gasteiger partial charge is 0.464 e. The van der Waals surface area contributed by atoms with Crippen molar-refractivity contribution in [3.63, 3.8) is 0 Å². The van der Waals surface area contributed by atoms with Gasteiger partial charge < -0.3 is 9.73 Å². The molecule has 6 nitrogen and oxygen atoms in total. The molecule has 0 aliphatic carbocycles. The molecule has 12 heteroatoms. The third-order valence-electron chi connectivity index (χ3n) is 5.20. The zero-order chi connectivity index (χ0) is 25.4. The monoisotopic (exact) mass is 494 g/mol. The van der Waals surface area contributed by atoms with Gasteiger partial charge in [0.25, 0.3) is 5.91 Å². The zero-order valence-corrected chi connectivity index (χ0v) is 17.9. The maximum Gasteiger partial charge on any atom is 0.416 e. The van der Waals surface area contributed by atoms with Crippen molar-refractivity contribution in [1.29, 1.82) is 0 Å². The van der Waals surface area contributed by atoms with Crippen molar-refractivity contribution in [2.24, 2.45) is 0 Å². The first-order chi connectivity index (χ1) is 16.4. The van der Waals surface area contributed by atoms with Crippen LogP contribution in [0, 0.1) is 0 Å². The second-order valence-corrected chi connectivity index (χ2v) is 7.58. The Morgan fingerprint density at radius 2 is 1.80 bits per heavy atom. The van der Waals surface area contributed by atoms with Crippen molar-refractivity contribution in [3.8, 4) is 11.3 Å². The minimum atomic E-state index is -5.01. The van der Waals surface area contributed by atoms with Crippen LogP contribution in [0.5, 0.6) is 0 Å². The molecule has 1 amide bonds. The van der Waals surface area contributed by atoms with Gasteiger partial charge in [-0.2, -0.15) is 31.4 Å². The number of carbonyl (C=O) groups is 1. The summed E-state index contributed by atoms with van der Waals surface area (Å²) in [4.78, 5) is 16.6. The maximum atomic E-state index is 13.5. The molecular formula is C23H16F6N4O2. The number of halogens is 6.